The van der Waals surface area contributed by atoms with Crippen molar-refractivity contribution in [3.8, 4) is 11.4 Å². The zero-order valence-corrected chi connectivity index (χ0v) is 31.6. The quantitative estimate of drug-likeness (QED) is 0.223. The molecular formula is C40H36ClN7O6S. The highest BCUT2D eigenvalue weighted by Gasteiger charge is 2.57. The molecule has 4 aromatic carbocycles. The van der Waals surface area contributed by atoms with E-state index in [-0.39, 0.29) is 17.2 Å². The first-order chi connectivity index (χ1) is 26.4. The van der Waals surface area contributed by atoms with E-state index in [1.165, 1.54) is 35.2 Å². The Morgan fingerprint density at radius 3 is 1.75 bits per heavy atom. The highest BCUT2D eigenvalue weighted by Crippen LogP contribution is 2.53. The number of halogens is 1. The fourth-order valence-electron chi connectivity index (χ4n) is 8.58. The first-order valence-electron chi connectivity index (χ1n) is 18.0. The van der Waals surface area contributed by atoms with Gasteiger partial charge in [0, 0.05) is 11.1 Å². The Morgan fingerprint density at radius 1 is 0.655 bits per heavy atom. The van der Waals surface area contributed by atoms with Gasteiger partial charge in [-0.3, -0.25) is 0 Å². The summed E-state index contributed by atoms with van der Waals surface area (Å²) in [7, 11) is -4.40. The fourth-order valence-corrected chi connectivity index (χ4v) is 10.6. The number of allylic oxidation sites excluding steroid dienone is 1. The number of nitrogens with zero attached hydrogens (tertiary/aromatic N) is 7. The molecule has 55 heavy (non-hydrogen) atoms. The Hall–Kier alpha value is -5.70. The van der Waals surface area contributed by atoms with Gasteiger partial charge in [0.15, 0.2) is 0 Å². The van der Waals surface area contributed by atoms with Crippen LogP contribution in [0, 0.1) is 12.8 Å². The molecule has 10 rings (SSSR count). The number of hydrogen-bond acceptors (Lipinski definition) is 6. The second-order valence-electron chi connectivity index (χ2n) is 14.6. The van der Waals surface area contributed by atoms with Gasteiger partial charge in [-0.1, -0.05) is 97.8 Å². The Labute approximate surface area is 319 Å². The predicted octanol–water partition coefficient (Wildman–Crippen LogP) is 4.82. The standard InChI is InChI=1S/C40H36ClN7O6S/c1-24(2)32-23-34-35-31(22-33(26-16-18-27(41)19-17-26)44-37(49)42(39(51)46(35)44)28-10-6-4-7-11-28)36(48(32)55(53,54)30-20-14-25(3)15-21-30)47-40(52)43(38(50)45(34)47)29-12-8-5-9-13-29/h4-22,24,32-36H,23H2,1-3H3/t32-,33+,34+,35-,36-/m1/s1. The van der Waals surface area contributed by atoms with E-state index in [0.717, 1.165) is 14.7 Å². The molecular weight excluding hydrogens is 742 g/mol. The minimum atomic E-state index is -4.40. The molecule has 0 amide bonds. The summed E-state index contributed by atoms with van der Waals surface area (Å²) in [6, 6.07) is 26.6. The SMILES string of the molecule is Cc1ccc(S(=O)(=O)N2[C@@H](C(C)C)C[C@H]3[C@H]4C(=C[C@@H](c5ccc(Cl)cc5)n5c(=O)n(-c6ccccc6)c(=O)n54)[C@@H]2n2c(=O)n(-c4ccccc4)c(=O)n23)cc1. The number of fused-ring (bicyclic) bond motifs is 3. The third kappa shape index (κ3) is 5.11. The minimum Gasteiger partial charge on any atom is -0.245 e. The molecule has 0 radical (unpaired) electrons. The van der Waals surface area contributed by atoms with Crippen LogP contribution in [0.4, 0.5) is 0 Å². The largest absolute Gasteiger partial charge is 0.353 e. The van der Waals surface area contributed by atoms with E-state index in [4.69, 9.17) is 11.6 Å². The summed E-state index contributed by atoms with van der Waals surface area (Å²) in [5.41, 5.74) is -0.221. The van der Waals surface area contributed by atoms with Crippen molar-refractivity contribution in [2.24, 2.45) is 5.92 Å². The average Bonchev–Trinajstić information content (AvgIpc) is 3.44. The second-order valence-corrected chi connectivity index (χ2v) is 16.9. The lowest BCUT2D eigenvalue weighted by molar-refractivity contribution is 0.146. The van der Waals surface area contributed by atoms with Gasteiger partial charge in [-0.2, -0.15) is 4.31 Å². The summed E-state index contributed by atoms with van der Waals surface area (Å²) >= 11 is 6.31. The van der Waals surface area contributed by atoms with Crippen molar-refractivity contribution in [2.45, 2.75) is 62.4 Å². The summed E-state index contributed by atoms with van der Waals surface area (Å²) in [6.45, 7) is 5.66. The van der Waals surface area contributed by atoms with Gasteiger partial charge in [0.1, 0.15) is 12.2 Å². The molecule has 15 heteroatoms. The van der Waals surface area contributed by atoms with Gasteiger partial charge in [0.05, 0.1) is 28.4 Å². The van der Waals surface area contributed by atoms with Crippen molar-refractivity contribution < 1.29 is 8.42 Å². The Bertz CT molecular complexity index is 2870. The van der Waals surface area contributed by atoms with Gasteiger partial charge < -0.3 is 0 Å². The highest BCUT2D eigenvalue weighted by molar-refractivity contribution is 7.89. The Morgan fingerprint density at radius 2 is 1.18 bits per heavy atom. The minimum absolute atomic E-state index is 0.0186. The topological polar surface area (TPSA) is 135 Å². The maximum Gasteiger partial charge on any atom is 0.353 e. The van der Waals surface area contributed by atoms with Crippen LogP contribution >= 0.6 is 11.6 Å². The zero-order valence-electron chi connectivity index (χ0n) is 30.0. The van der Waals surface area contributed by atoms with E-state index in [1.807, 2.05) is 20.8 Å². The van der Waals surface area contributed by atoms with Gasteiger partial charge >= 0.3 is 22.8 Å². The first-order valence-corrected chi connectivity index (χ1v) is 19.8. The summed E-state index contributed by atoms with van der Waals surface area (Å²) in [5, 5.41) is 0.457. The Balaban J connectivity index is 1.42. The first kappa shape index (κ1) is 35.0. The van der Waals surface area contributed by atoms with Gasteiger partial charge in [-0.05, 0) is 78.9 Å². The molecule has 4 aliphatic rings. The maximum absolute atomic E-state index is 15.2. The number of aromatic nitrogens is 6. The number of para-hydroxylation sites is 2. The monoisotopic (exact) mass is 777 g/mol. The van der Waals surface area contributed by atoms with E-state index in [9.17, 15) is 19.2 Å². The highest BCUT2D eigenvalue weighted by atomic mass is 35.5. The summed E-state index contributed by atoms with van der Waals surface area (Å²) in [5.74, 6) is -0.303. The molecule has 0 N–H and O–H groups in total. The molecule has 5 atom stereocenters. The van der Waals surface area contributed by atoms with E-state index in [1.54, 1.807) is 103 Å². The van der Waals surface area contributed by atoms with Crippen molar-refractivity contribution in [1.29, 1.82) is 0 Å². The van der Waals surface area contributed by atoms with Gasteiger partial charge in [0.25, 0.3) is 0 Å². The van der Waals surface area contributed by atoms with Crippen molar-refractivity contribution >= 4 is 21.6 Å². The van der Waals surface area contributed by atoms with E-state index in [2.05, 4.69) is 0 Å². The molecule has 0 saturated carbocycles. The van der Waals surface area contributed by atoms with Crippen molar-refractivity contribution in [2.75, 3.05) is 0 Å². The van der Waals surface area contributed by atoms with Crippen LogP contribution < -0.4 is 22.8 Å². The molecule has 6 heterocycles. The lowest BCUT2D eigenvalue weighted by atomic mass is 9.88. The van der Waals surface area contributed by atoms with Crippen molar-refractivity contribution in [1.82, 2.24) is 32.2 Å². The predicted molar refractivity (Wildman–Crippen MR) is 207 cm³/mol. The molecule has 1 fully saturated rings. The van der Waals surface area contributed by atoms with E-state index in [0.29, 0.717) is 27.5 Å². The van der Waals surface area contributed by atoms with E-state index < -0.39 is 63.1 Å². The molecule has 6 aromatic rings. The third-order valence-electron chi connectivity index (χ3n) is 11.1. The van der Waals surface area contributed by atoms with Crippen LogP contribution in [-0.4, -0.2) is 46.6 Å². The van der Waals surface area contributed by atoms with Gasteiger partial charge in [-0.25, -0.2) is 55.5 Å². The lowest BCUT2D eigenvalue weighted by Gasteiger charge is -2.43. The number of rotatable bonds is 6. The lowest BCUT2D eigenvalue weighted by Crippen LogP contribution is -2.53. The number of hydrogen-bond donors (Lipinski definition) is 0. The molecule has 280 valence electrons. The Kier molecular flexibility index (Phi) is 8.08. The van der Waals surface area contributed by atoms with Crippen LogP contribution in [0.3, 0.4) is 0 Å². The number of benzene rings is 4. The molecule has 0 spiro atoms. The molecule has 0 unspecified atom stereocenters. The van der Waals surface area contributed by atoms with Crippen LogP contribution in [0.25, 0.3) is 11.4 Å². The van der Waals surface area contributed by atoms with Crippen molar-refractivity contribution in [3.63, 3.8) is 0 Å². The normalized spacial score (nSPS) is 21.8. The van der Waals surface area contributed by atoms with Gasteiger partial charge in [0.2, 0.25) is 10.0 Å². The van der Waals surface area contributed by atoms with Crippen LogP contribution in [0.15, 0.2) is 145 Å². The van der Waals surface area contributed by atoms with Gasteiger partial charge in [-0.15, -0.1) is 0 Å². The third-order valence-corrected chi connectivity index (χ3v) is 13.2. The summed E-state index contributed by atoms with van der Waals surface area (Å²) < 4.78 is 39.2. The van der Waals surface area contributed by atoms with Crippen LogP contribution in [0.2, 0.25) is 5.02 Å². The molecule has 2 aromatic heterocycles. The zero-order chi connectivity index (χ0) is 38.5. The number of sulfonamides is 1. The van der Waals surface area contributed by atoms with E-state index >= 15 is 8.42 Å². The number of aryl methyl sites for hydroxylation is 1. The average molecular weight is 778 g/mol. The van der Waals surface area contributed by atoms with Crippen LogP contribution in [-0.2, 0) is 10.0 Å². The summed E-state index contributed by atoms with van der Waals surface area (Å²) in [4.78, 5) is 59.1. The molecule has 1 saturated heterocycles. The molecule has 13 nitrogen and oxygen atoms in total. The molecule has 2 bridgehead atoms. The van der Waals surface area contributed by atoms with Crippen LogP contribution in [0.5, 0.6) is 0 Å². The second kappa shape index (κ2) is 12.7. The van der Waals surface area contributed by atoms with Crippen molar-refractivity contribution in [3.05, 3.63) is 179 Å². The summed E-state index contributed by atoms with van der Waals surface area (Å²) in [6.07, 6.45) is 0.420. The molecule has 4 aliphatic heterocycles. The molecule has 0 aliphatic carbocycles. The smallest absolute Gasteiger partial charge is 0.245 e. The maximum atomic E-state index is 15.2. The van der Waals surface area contributed by atoms with Crippen LogP contribution in [0.1, 0.15) is 55.7 Å². The fraction of sp³-hybridized carbons (Fsp3) is 0.250.